The van der Waals surface area contributed by atoms with Gasteiger partial charge in [-0.25, -0.2) is 0 Å². The fourth-order valence-electron chi connectivity index (χ4n) is 3.22. The van der Waals surface area contributed by atoms with Crippen LogP contribution in [-0.2, 0) is 11.2 Å². The third-order valence-electron chi connectivity index (χ3n) is 4.48. The second kappa shape index (κ2) is 5.88. The molecule has 1 aromatic carbocycles. The molecule has 21 heavy (non-hydrogen) atoms. The summed E-state index contributed by atoms with van der Waals surface area (Å²) in [7, 11) is 0. The van der Waals surface area contributed by atoms with Gasteiger partial charge in [0.25, 0.3) is 5.91 Å². The summed E-state index contributed by atoms with van der Waals surface area (Å²) in [5.41, 5.74) is 1.84. The second-order valence-electron chi connectivity index (χ2n) is 5.96. The van der Waals surface area contributed by atoms with Crippen molar-refractivity contribution in [2.24, 2.45) is 0 Å². The van der Waals surface area contributed by atoms with E-state index >= 15 is 0 Å². The van der Waals surface area contributed by atoms with E-state index in [1.807, 2.05) is 17.0 Å². The highest BCUT2D eigenvalue weighted by Crippen LogP contribution is 2.26. The van der Waals surface area contributed by atoms with Crippen LogP contribution in [0.25, 0.3) is 0 Å². The summed E-state index contributed by atoms with van der Waals surface area (Å²) < 4.78 is 5.63. The maximum Gasteiger partial charge on any atom is 0.260 e. The molecule has 1 aromatic rings. The lowest BCUT2D eigenvalue weighted by Crippen LogP contribution is -2.44. The van der Waals surface area contributed by atoms with Gasteiger partial charge in [-0.15, -0.1) is 0 Å². The average molecular weight is 287 g/mol. The van der Waals surface area contributed by atoms with Gasteiger partial charge in [-0.05, 0) is 56.4 Å². The van der Waals surface area contributed by atoms with Gasteiger partial charge in [0.05, 0.1) is 0 Å². The molecule has 0 aromatic heterocycles. The average Bonchev–Trinajstić information content (AvgIpc) is 2.86. The quantitative estimate of drug-likeness (QED) is 0.858. The largest absolute Gasteiger partial charge is 0.484 e. The smallest absolute Gasteiger partial charge is 0.260 e. The van der Waals surface area contributed by atoms with Crippen LogP contribution in [0.5, 0.6) is 5.75 Å². The van der Waals surface area contributed by atoms with Crippen molar-refractivity contribution in [3.63, 3.8) is 0 Å². The van der Waals surface area contributed by atoms with Gasteiger partial charge >= 0.3 is 0 Å². The van der Waals surface area contributed by atoms with Gasteiger partial charge in [-0.1, -0.05) is 0 Å². The number of Topliss-reactive ketones (excluding diaryl/α,β-unsaturated/α-hetero) is 1. The molecule has 1 atom stereocenters. The molecule has 2 aliphatic rings. The summed E-state index contributed by atoms with van der Waals surface area (Å²) >= 11 is 0. The number of likely N-dealkylation sites (tertiary alicyclic amines) is 1. The summed E-state index contributed by atoms with van der Waals surface area (Å²) in [6.45, 7) is 3.01. The van der Waals surface area contributed by atoms with Gasteiger partial charge < -0.3 is 9.64 Å². The molecule has 1 unspecified atom stereocenters. The predicted molar refractivity (Wildman–Crippen MR) is 79.6 cm³/mol. The number of hydrogen-bond acceptors (Lipinski definition) is 3. The van der Waals surface area contributed by atoms with Crippen molar-refractivity contribution in [2.75, 3.05) is 13.2 Å². The SMILES string of the molecule is CC1CCCCN1C(=O)COc1ccc2c(c1)CCC2=O. The molecule has 1 aliphatic heterocycles. The van der Waals surface area contributed by atoms with E-state index < -0.39 is 0 Å². The number of benzene rings is 1. The van der Waals surface area contributed by atoms with Gasteiger partial charge in [-0.3, -0.25) is 9.59 Å². The van der Waals surface area contributed by atoms with Crippen LogP contribution in [0.2, 0.25) is 0 Å². The van der Waals surface area contributed by atoms with E-state index in [-0.39, 0.29) is 18.3 Å². The van der Waals surface area contributed by atoms with Crippen LogP contribution >= 0.6 is 0 Å². The van der Waals surface area contributed by atoms with Crippen LogP contribution in [0.4, 0.5) is 0 Å². The van der Waals surface area contributed by atoms with E-state index in [0.717, 1.165) is 36.9 Å². The molecule has 1 amide bonds. The van der Waals surface area contributed by atoms with Crippen LogP contribution in [0.15, 0.2) is 18.2 Å². The number of amides is 1. The van der Waals surface area contributed by atoms with Crippen molar-refractivity contribution in [3.8, 4) is 5.75 Å². The first-order valence-electron chi connectivity index (χ1n) is 7.73. The Morgan fingerprint density at radius 1 is 1.33 bits per heavy atom. The standard InChI is InChI=1S/C17H21NO3/c1-12-4-2-3-9-18(12)17(20)11-21-14-6-7-15-13(10-14)5-8-16(15)19/h6-7,10,12H,2-5,8-9,11H2,1H3. The van der Waals surface area contributed by atoms with Crippen LogP contribution in [0.1, 0.15) is 48.5 Å². The van der Waals surface area contributed by atoms with E-state index in [2.05, 4.69) is 6.92 Å². The molecule has 0 spiro atoms. The van der Waals surface area contributed by atoms with E-state index in [1.54, 1.807) is 6.07 Å². The molecular weight excluding hydrogens is 266 g/mol. The lowest BCUT2D eigenvalue weighted by atomic mass is 10.0. The van der Waals surface area contributed by atoms with Crippen LogP contribution < -0.4 is 4.74 Å². The van der Waals surface area contributed by atoms with Crippen molar-refractivity contribution < 1.29 is 14.3 Å². The van der Waals surface area contributed by atoms with E-state index in [9.17, 15) is 9.59 Å². The molecule has 1 saturated heterocycles. The van der Waals surface area contributed by atoms with Gasteiger partial charge in [0.15, 0.2) is 12.4 Å². The molecule has 0 radical (unpaired) electrons. The minimum atomic E-state index is 0.0544. The number of ether oxygens (including phenoxy) is 1. The zero-order valence-electron chi connectivity index (χ0n) is 12.4. The third kappa shape index (κ3) is 2.94. The van der Waals surface area contributed by atoms with Crippen LogP contribution in [-0.4, -0.2) is 35.8 Å². The number of rotatable bonds is 3. The number of carbonyl (C=O) groups excluding carboxylic acids is 2. The second-order valence-corrected chi connectivity index (χ2v) is 5.96. The molecule has 1 aliphatic carbocycles. The van der Waals surface area contributed by atoms with E-state index in [1.165, 1.54) is 6.42 Å². The number of ketones is 1. The Hall–Kier alpha value is -1.84. The van der Waals surface area contributed by atoms with Crippen molar-refractivity contribution >= 4 is 11.7 Å². The molecule has 112 valence electrons. The summed E-state index contributed by atoms with van der Waals surface area (Å²) in [6, 6.07) is 5.81. The zero-order chi connectivity index (χ0) is 14.8. The summed E-state index contributed by atoms with van der Waals surface area (Å²) in [5.74, 6) is 0.940. The first-order valence-corrected chi connectivity index (χ1v) is 7.73. The van der Waals surface area contributed by atoms with Gasteiger partial charge in [0.2, 0.25) is 0 Å². The minimum absolute atomic E-state index is 0.0544. The molecule has 0 bridgehead atoms. The maximum atomic E-state index is 12.2. The fourth-order valence-corrected chi connectivity index (χ4v) is 3.22. The van der Waals surface area contributed by atoms with Gasteiger partial charge in [0, 0.05) is 24.6 Å². The van der Waals surface area contributed by atoms with Crippen LogP contribution in [0.3, 0.4) is 0 Å². The Labute approximate surface area is 125 Å². The Kier molecular flexibility index (Phi) is 3.95. The van der Waals surface area contributed by atoms with Crippen molar-refractivity contribution in [1.82, 2.24) is 4.90 Å². The maximum absolute atomic E-state index is 12.2. The molecule has 0 N–H and O–H groups in total. The molecule has 3 rings (SSSR count). The monoisotopic (exact) mass is 287 g/mol. The Balaban J connectivity index is 1.60. The van der Waals surface area contributed by atoms with Gasteiger partial charge in [0.1, 0.15) is 5.75 Å². The number of piperidine rings is 1. The van der Waals surface area contributed by atoms with E-state index in [4.69, 9.17) is 4.74 Å². The fraction of sp³-hybridized carbons (Fsp3) is 0.529. The lowest BCUT2D eigenvalue weighted by Gasteiger charge is -2.33. The summed E-state index contributed by atoms with van der Waals surface area (Å²) in [4.78, 5) is 25.7. The Morgan fingerprint density at radius 2 is 2.19 bits per heavy atom. The Bertz CT molecular complexity index is 567. The Morgan fingerprint density at radius 3 is 3.00 bits per heavy atom. The molecule has 4 nitrogen and oxygen atoms in total. The van der Waals surface area contributed by atoms with Crippen molar-refractivity contribution in [1.29, 1.82) is 0 Å². The summed E-state index contributed by atoms with van der Waals surface area (Å²) in [6.07, 6.45) is 4.72. The highest BCUT2D eigenvalue weighted by atomic mass is 16.5. The highest BCUT2D eigenvalue weighted by Gasteiger charge is 2.24. The zero-order valence-corrected chi connectivity index (χ0v) is 12.4. The molecular formula is C17H21NO3. The molecule has 1 fully saturated rings. The first kappa shape index (κ1) is 14.1. The third-order valence-corrected chi connectivity index (χ3v) is 4.48. The first-order chi connectivity index (χ1) is 10.1. The predicted octanol–water partition coefficient (Wildman–Crippen LogP) is 2.60. The topological polar surface area (TPSA) is 46.6 Å². The summed E-state index contributed by atoms with van der Waals surface area (Å²) in [5, 5.41) is 0. The lowest BCUT2D eigenvalue weighted by molar-refractivity contribution is -0.136. The molecule has 0 saturated carbocycles. The van der Waals surface area contributed by atoms with Crippen molar-refractivity contribution in [2.45, 2.75) is 45.1 Å². The number of nitrogens with zero attached hydrogens (tertiary/aromatic N) is 1. The minimum Gasteiger partial charge on any atom is -0.484 e. The van der Waals surface area contributed by atoms with E-state index in [0.29, 0.717) is 18.2 Å². The normalized spacial score (nSPS) is 21.3. The highest BCUT2D eigenvalue weighted by molar-refractivity contribution is 6.00. The number of hydrogen-bond donors (Lipinski definition) is 0. The number of carbonyl (C=O) groups is 2. The number of aryl methyl sites for hydroxylation is 1. The number of fused-ring (bicyclic) bond motifs is 1. The van der Waals surface area contributed by atoms with Gasteiger partial charge in [-0.2, -0.15) is 0 Å². The molecule has 1 heterocycles. The van der Waals surface area contributed by atoms with Crippen molar-refractivity contribution in [3.05, 3.63) is 29.3 Å². The van der Waals surface area contributed by atoms with Crippen LogP contribution in [0, 0.1) is 0 Å². The molecule has 4 heteroatoms.